The molecule has 3 nitrogen and oxygen atoms in total. The SMILES string of the molecule is CCc1ccc2[nH]c(=O)c(CNc3ccc(C)cc3C)cc2c1. The second-order valence-corrected chi connectivity index (χ2v) is 6.07. The minimum Gasteiger partial charge on any atom is -0.381 e. The summed E-state index contributed by atoms with van der Waals surface area (Å²) in [5.74, 6) is 0. The lowest BCUT2D eigenvalue weighted by atomic mass is 10.1. The fraction of sp³-hybridized carbons (Fsp3) is 0.250. The van der Waals surface area contributed by atoms with Gasteiger partial charge < -0.3 is 10.3 Å². The summed E-state index contributed by atoms with van der Waals surface area (Å²) >= 11 is 0. The first-order valence-corrected chi connectivity index (χ1v) is 8.03. The summed E-state index contributed by atoms with van der Waals surface area (Å²) in [5, 5.41) is 4.46. The number of pyridine rings is 1. The average Bonchev–Trinajstić information content (AvgIpc) is 2.53. The van der Waals surface area contributed by atoms with Crippen molar-refractivity contribution in [3.05, 3.63) is 75.1 Å². The first-order valence-electron chi connectivity index (χ1n) is 8.03. The number of nitrogens with one attached hydrogen (secondary N) is 2. The Morgan fingerprint density at radius 1 is 1.04 bits per heavy atom. The van der Waals surface area contributed by atoms with Crippen molar-refractivity contribution in [1.29, 1.82) is 0 Å². The molecule has 3 heteroatoms. The highest BCUT2D eigenvalue weighted by Crippen LogP contribution is 2.18. The fourth-order valence-electron chi connectivity index (χ4n) is 2.85. The third kappa shape index (κ3) is 3.29. The zero-order valence-electron chi connectivity index (χ0n) is 13.9. The number of rotatable bonds is 4. The van der Waals surface area contributed by atoms with Crippen LogP contribution < -0.4 is 10.9 Å². The predicted molar refractivity (Wildman–Crippen MR) is 97.2 cm³/mol. The van der Waals surface area contributed by atoms with E-state index in [1.54, 1.807) is 0 Å². The molecule has 0 atom stereocenters. The molecule has 0 fully saturated rings. The van der Waals surface area contributed by atoms with Crippen molar-refractivity contribution in [2.45, 2.75) is 33.7 Å². The van der Waals surface area contributed by atoms with E-state index in [-0.39, 0.29) is 5.56 Å². The molecule has 3 rings (SSSR count). The summed E-state index contributed by atoms with van der Waals surface area (Å²) in [5.41, 5.74) is 6.39. The molecule has 1 aromatic heterocycles. The molecular weight excluding hydrogens is 284 g/mol. The minimum atomic E-state index is -0.0287. The average molecular weight is 306 g/mol. The van der Waals surface area contributed by atoms with E-state index < -0.39 is 0 Å². The van der Waals surface area contributed by atoms with E-state index in [4.69, 9.17) is 0 Å². The van der Waals surface area contributed by atoms with E-state index >= 15 is 0 Å². The number of aryl methyl sites for hydroxylation is 3. The first-order chi connectivity index (χ1) is 11.1. The van der Waals surface area contributed by atoms with Crippen molar-refractivity contribution < 1.29 is 0 Å². The van der Waals surface area contributed by atoms with E-state index in [1.165, 1.54) is 16.7 Å². The van der Waals surface area contributed by atoms with Crippen LogP contribution >= 0.6 is 0 Å². The van der Waals surface area contributed by atoms with E-state index in [0.29, 0.717) is 6.54 Å². The van der Waals surface area contributed by atoms with Crippen molar-refractivity contribution >= 4 is 16.6 Å². The van der Waals surface area contributed by atoms with Crippen molar-refractivity contribution in [2.75, 3.05) is 5.32 Å². The Labute approximate surface area is 136 Å². The molecule has 0 aliphatic carbocycles. The summed E-state index contributed by atoms with van der Waals surface area (Å²) in [6.07, 6.45) is 0.991. The fourth-order valence-corrected chi connectivity index (χ4v) is 2.85. The third-order valence-electron chi connectivity index (χ3n) is 4.25. The Hall–Kier alpha value is -2.55. The standard InChI is InChI=1S/C20H22N2O/c1-4-15-6-8-19-16(10-15)11-17(20(23)22-19)12-21-18-7-5-13(2)9-14(18)3/h5-11,21H,4,12H2,1-3H3,(H,22,23). The van der Waals surface area contributed by atoms with Gasteiger partial charge in [0, 0.05) is 23.3 Å². The molecule has 0 saturated heterocycles. The summed E-state index contributed by atoms with van der Waals surface area (Å²) in [6, 6.07) is 14.5. The topological polar surface area (TPSA) is 44.9 Å². The van der Waals surface area contributed by atoms with Crippen LogP contribution in [-0.2, 0) is 13.0 Å². The Morgan fingerprint density at radius 2 is 1.87 bits per heavy atom. The Kier molecular flexibility index (Phi) is 4.20. The second kappa shape index (κ2) is 6.29. The highest BCUT2D eigenvalue weighted by Gasteiger charge is 2.05. The number of hydrogen-bond donors (Lipinski definition) is 2. The summed E-state index contributed by atoms with van der Waals surface area (Å²) in [6.45, 7) is 6.81. The molecule has 23 heavy (non-hydrogen) atoms. The maximum atomic E-state index is 12.3. The summed E-state index contributed by atoms with van der Waals surface area (Å²) in [7, 11) is 0. The van der Waals surface area contributed by atoms with Crippen LogP contribution in [0.5, 0.6) is 0 Å². The van der Waals surface area contributed by atoms with Gasteiger partial charge in [0.2, 0.25) is 0 Å². The van der Waals surface area contributed by atoms with E-state index in [0.717, 1.165) is 28.6 Å². The normalized spacial score (nSPS) is 10.9. The molecule has 0 saturated carbocycles. The zero-order chi connectivity index (χ0) is 16.4. The molecule has 0 aliphatic rings. The monoisotopic (exact) mass is 306 g/mol. The highest BCUT2D eigenvalue weighted by atomic mass is 16.1. The third-order valence-corrected chi connectivity index (χ3v) is 4.25. The molecule has 0 unspecified atom stereocenters. The summed E-state index contributed by atoms with van der Waals surface area (Å²) < 4.78 is 0. The quantitative estimate of drug-likeness (QED) is 0.754. The molecule has 0 bridgehead atoms. The van der Waals surface area contributed by atoms with Gasteiger partial charge in [0.15, 0.2) is 0 Å². The van der Waals surface area contributed by atoms with Crippen LogP contribution in [0.3, 0.4) is 0 Å². The van der Waals surface area contributed by atoms with Crippen LogP contribution in [0.25, 0.3) is 10.9 Å². The van der Waals surface area contributed by atoms with Gasteiger partial charge >= 0.3 is 0 Å². The van der Waals surface area contributed by atoms with Crippen LogP contribution in [0.4, 0.5) is 5.69 Å². The molecule has 0 amide bonds. The van der Waals surface area contributed by atoms with Gasteiger partial charge in [-0.2, -0.15) is 0 Å². The maximum absolute atomic E-state index is 12.3. The summed E-state index contributed by atoms with van der Waals surface area (Å²) in [4.78, 5) is 15.2. The molecule has 118 valence electrons. The maximum Gasteiger partial charge on any atom is 0.253 e. The molecule has 2 aromatic carbocycles. The van der Waals surface area contributed by atoms with Crippen molar-refractivity contribution in [3.8, 4) is 0 Å². The second-order valence-electron chi connectivity index (χ2n) is 6.07. The van der Waals surface area contributed by atoms with E-state index in [2.05, 4.69) is 61.4 Å². The van der Waals surface area contributed by atoms with Gasteiger partial charge in [0.25, 0.3) is 5.56 Å². The molecule has 0 spiro atoms. The van der Waals surface area contributed by atoms with E-state index in [9.17, 15) is 4.79 Å². The van der Waals surface area contributed by atoms with Crippen LogP contribution in [0, 0.1) is 13.8 Å². The van der Waals surface area contributed by atoms with Gasteiger partial charge in [-0.15, -0.1) is 0 Å². The number of anilines is 1. The molecule has 2 N–H and O–H groups in total. The Balaban J connectivity index is 1.90. The smallest absolute Gasteiger partial charge is 0.253 e. The molecule has 0 aliphatic heterocycles. The van der Waals surface area contributed by atoms with Gasteiger partial charge in [-0.25, -0.2) is 0 Å². The zero-order valence-corrected chi connectivity index (χ0v) is 13.9. The first kappa shape index (κ1) is 15.3. The van der Waals surface area contributed by atoms with Gasteiger partial charge in [-0.05, 0) is 61.0 Å². The minimum absolute atomic E-state index is 0.0287. The molecule has 1 heterocycles. The number of fused-ring (bicyclic) bond motifs is 1. The van der Waals surface area contributed by atoms with Gasteiger partial charge in [-0.1, -0.05) is 30.7 Å². The predicted octanol–water partition coefficient (Wildman–Crippen LogP) is 4.32. The van der Waals surface area contributed by atoms with E-state index in [1.807, 2.05) is 12.1 Å². The Bertz CT molecular complexity index is 909. The van der Waals surface area contributed by atoms with Crippen molar-refractivity contribution in [3.63, 3.8) is 0 Å². The molecule has 3 aromatic rings. The lowest BCUT2D eigenvalue weighted by Crippen LogP contribution is -2.16. The van der Waals surface area contributed by atoms with Gasteiger partial charge in [0.1, 0.15) is 0 Å². The number of benzene rings is 2. The van der Waals surface area contributed by atoms with Gasteiger partial charge in [-0.3, -0.25) is 4.79 Å². The van der Waals surface area contributed by atoms with Crippen LogP contribution in [0.15, 0.2) is 47.3 Å². The van der Waals surface area contributed by atoms with Crippen LogP contribution in [0.2, 0.25) is 0 Å². The number of H-pyrrole nitrogens is 1. The highest BCUT2D eigenvalue weighted by molar-refractivity contribution is 5.79. The number of aromatic nitrogens is 1. The molecular formula is C20H22N2O. The lowest BCUT2D eigenvalue weighted by molar-refractivity contribution is 1.08. The molecule has 0 radical (unpaired) electrons. The number of aromatic amines is 1. The van der Waals surface area contributed by atoms with Gasteiger partial charge in [0.05, 0.1) is 0 Å². The van der Waals surface area contributed by atoms with Crippen LogP contribution in [-0.4, -0.2) is 4.98 Å². The Morgan fingerprint density at radius 3 is 2.61 bits per heavy atom. The number of hydrogen-bond acceptors (Lipinski definition) is 2. The van der Waals surface area contributed by atoms with Crippen LogP contribution in [0.1, 0.15) is 29.2 Å². The lowest BCUT2D eigenvalue weighted by Gasteiger charge is -2.11. The largest absolute Gasteiger partial charge is 0.381 e. The van der Waals surface area contributed by atoms with Crippen molar-refractivity contribution in [1.82, 2.24) is 4.98 Å². The van der Waals surface area contributed by atoms with Crippen molar-refractivity contribution in [2.24, 2.45) is 0 Å².